The molecule has 0 amide bonds. The highest BCUT2D eigenvalue weighted by Crippen LogP contribution is 2.30. The topological polar surface area (TPSA) is 26.0 Å². The molecule has 0 bridgehead atoms. The van der Waals surface area contributed by atoms with Crippen LogP contribution in [0.4, 0.5) is 13.2 Å². The highest BCUT2D eigenvalue weighted by atomic mass is 35.5. The van der Waals surface area contributed by atoms with Gasteiger partial charge < -0.3 is 5.73 Å². The van der Waals surface area contributed by atoms with Gasteiger partial charge in [0.15, 0.2) is 0 Å². The van der Waals surface area contributed by atoms with Crippen molar-refractivity contribution in [3.63, 3.8) is 0 Å². The molecule has 0 saturated carbocycles. The summed E-state index contributed by atoms with van der Waals surface area (Å²) >= 11 is 5.44. The van der Waals surface area contributed by atoms with E-state index in [-0.39, 0.29) is 5.56 Å². The zero-order valence-corrected chi connectivity index (χ0v) is 7.23. The minimum absolute atomic E-state index is 0.261. The van der Waals surface area contributed by atoms with Crippen LogP contribution >= 0.6 is 11.6 Å². The quantitative estimate of drug-likeness (QED) is 0.559. The molecule has 0 aliphatic carbocycles. The normalized spacial score (nSPS) is 14.2. The van der Waals surface area contributed by atoms with E-state index >= 15 is 0 Å². The highest BCUT2D eigenvalue weighted by molar-refractivity contribution is 6.20. The van der Waals surface area contributed by atoms with Crippen molar-refractivity contribution < 1.29 is 13.2 Å². The molecule has 1 aromatic carbocycles. The molecule has 0 heterocycles. The molecule has 0 fully saturated rings. The van der Waals surface area contributed by atoms with E-state index in [1.54, 1.807) is 0 Å². The smallest absolute Gasteiger partial charge is 0.312 e. The van der Waals surface area contributed by atoms with Gasteiger partial charge in [0.2, 0.25) is 0 Å². The van der Waals surface area contributed by atoms with E-state index in [0.717, 1.165) is 12.1 Å². The maximum atomic E-state index is 12.1. The van der Waals surface area contributed by atoms with Gasteiger partial charge in [-0.15, -0.1) is 11.6 Å². The van der Waals surface area contributed by atoms with E-state index in [4.69, 9.17) is 17.3 Å². The third-order valence-electron chi connectivity index (χ3n) is 1.53. The predicted molar refractivity (Wildman–Crippen MR) is 44.2 cm³/mol. The van der Waals surface area contributed by atoms with Gasteiger partial charge in [-0.3, -0.25) is 0 Å². The molecule has 1 nitrogen and oxygen atoms in total. The first-order valence-electron chi connectivity index (χ1n) is 3.48. The number of hydrogen-bond acceptors (Lipinski definition) is 1. The zero-order valence-electron chi connectivity index (χ0n) is 6.48. The van der Waals surface area contributed by atoms with Crippen LogP contribution in [0.5, 0.6) is 0 Å². The highest BCUT2D eigenvalue weighted by Gasteiger charge is 2.30. The third-order valence-corrected chi connectivity index (χ3v) is 1.78. The fraction of sp³-hybridized carbons (Fsp3) is 0.250. The molecule has 0 spiro atoms. The molecule has 1 unspecified atom stereocenters. The molecule has 2 N–H and O–H groups in total. The van der Waals surface area contributed by atoms with Crippen molar-refractivity contribution >= 4 is 11.6 Å². The van der Waals surface area contributed by atoms with Gasteiger partial charge >= 0.3 is 6.18 Å². The van der Waals surface area contributed by atoms with Gasteiger partial charge in [0.1, 0.15) is 5.50 Å². The number of benzene rings is 1. The monoisotopic (exact) mass is 209 g/mol. The Hall–Kier alpha value is -0.740. The lowest BCUT2D eigenvalue weighted by atomic mass is 10.1. The summed E-state index contributed by atoms with van der Waals surface area (Å²) < 4.78 is 36.4. The molecule has 5 heteroatoms. The van der Waals surface area contributed by atoms with E-state index in [1.165, 1.54) is 12.1 Å². The average molecular weight is 210 g/mol. The standard InChI is InChI=1S/C8H7ClF3N/c9-7(13)5-2-1-3-6(4-5)8(10,11)12/h1-4,7H,13H2. The van der Waals surface area contributed by atoms with Crippen LogP contribution in [0, 0.1) is 0 Å². The van der Waals surface area contributed by atoms with Gasteiger partial charge in [-0.1, -0.05) is 12.1 Å². The second-order valence-electron chi connectivity index (χ2n) is 2.52. The van der Waals surface area contributed by atoms with Crippen LogP contribution in [0.2, 0.25) is 0 Å². The SMILES string of the molecule is NC(Cl)c1cccc(C(F)(F)F)c1. The van der Waals surface area contributed by atoms with Crippen molar-refractivity contribution in [1.82, 2.24) is 0 Å². The Labute approximate surface area is 78.3 Å². The number of halogens is 4. The minimum atomic E-state index is -4.35. The Morgan fingerprint density at radius 1 is 1.31 bits per heavy atom. The van der Waals surface area contributed by atoms with Gasteiger partial charge in [0, 0.05) is 0 Å². The average Bonchev–Trinajstić information content (AvgIpc) is 2.03. The Balaban J connectivity index is 3.06. The van der Waals surface area contributed by atoms with Crippen molar-refractivity contribution in [2.24, 2.45) is 5.73 Å². The molecule has 13 heavy (non-hydrogen) atoms. The Kier molecular flexibility index (Phi) is 2.83. The van der Waals surface area contributed by atoms with E-state index < -0.39 is 17.2 Å². The lowest BCUT2D eigenvalue weighted by molar-refractivity contribution is -0.137. The van der Waals surface area contributed by atoms with Crippen molar-refractivity contribution in [2.45, 2.75) is 11.7 Å². The number of nitrogens with two attached hydrogens (primary N) is 1. The van der Waals surface area contributed by atoms with Crippen LogP contribution < -0.4 is 5.73 Å². The molecule has 0 aromatic heterocycles. The van der Waals surface area contributed by atoms with Crippen molar-refractivity contribution in [2.75, 3.05) is 0 Å². The van der Waals surface area contributed by atoms with E-state index in [0.29, 0.717) is 0 Å². The number of alkyl halides is 4. The maximum absolute atomic E-state index is 12.1. The van der Waals surface area contributed by atoms with E-state index in [9.17, 15) is 13.2 Å². The number of rotatable bonds is 1. The summed E-state index contributed by atoms with van der Waals surface area (Å²) in [6.45, 7) is 0. The molecule has 0 saturated heterocycles. The van der Waals surface area contributed by atoms with E-state index in [1.807, 2.05) is 0 Å². The van der Waals surface area contributed by atoms with Crippen LogP contribution in [0.3, 0.4) is 0 Å². The summed E-state index contributed by atoms with van der Waals surface area (Å²) in [5.74, 6) is 0. The van der Waals surface area contributed by atoms with Crippen LogP contribution in [0.25, 0.3) is 0 Å². The van der Waals surface area contributed by atoms with Gasteiger partial charge in [0.25, 0.3) is 0 Å². The summed E-state index contributed by atoms with van der Waals surface area (Å²) in [4.78, 5) is 0. The van der Waals surface area contributed by atoms with Crippen LogP contribution in [0.15, 0.2) is 24.3 Å². The summed E-state index contributed by atoms with van der Waals surface area (Å²) in [6, 6.07) is 4.65. The molecule has 1 atom stereocenters. The molecule has 1 rings (SSSR count). The predicted octanol–water partition coefficient (Wildman–Crippen LogP) is 2.90. The van der Waals surface area contributed by atoms with Crippen LogP contribution in [-0.4, -0.2) is 0 Å². The molecule has 1 aromatic rings. The van der Waals surface area contributed by atoms with Gasteiger partial charge in [-0.25, -0.2) is 0 Å². The Bertz CT molecular complexity index is 296. The molecule has 72 valence electrons. The summed E-state index contributed by atoms with van der Waals surface area (Å²) in [5, 5.41) is 0. The van der Waals surface area contributed by atoms with E-state index in [2.05, 4.69) is 0 Å². The minimum Gasteiger partial charge on any atom is -0.312 e. The van der Waals surface area contributed by atoms with Gasteiger partial charge in [-0.05, 0) is 17.7 Å². The van der Waals surface area contributed by atoms with Gasteiger partial charge in [-0.2, -0.15) is 13.2 Å². The fourth-order valence-electron chi connectivity index (χ4n) is 0.887. The molecule has 0 aliphatic heterocycles. The number of hydrogen-bond donors (Lipinski definition) is 1. The Morgan fingerprint density at radius 2 is 1.92 bits per heavy atom. The van der Waals surface area contributed by atoms with Crippen LogP contribution in [0.1, 0.15) is 16.6 Å². The first-order valence-corrected chi connectivity index (χ1v) is 3.91. The summed E-state index contributed by atoms with van der Waals surface area (Å²) in [7, 11) is 0. The lowest BCUT2D eigenvalue weighted by Crippen LogP contribution is -2.08. The second-order valence-corrected chi connectivity index (χ2v) is 3.00. The van der Waals surface area contributed by atoms with Crippen molar-refractivity contribution in [1.29, 1.82) is 0 Å². The molecular formula is C8H7ClF3N. The molecular weight excluding hydrogens is 203 g/mol. The molecule has 0 aliphatic rings. The zero-order chi connectivity index (χ0) is 10.1. The first kappa shape index (κ1) is 10.3. The Morgan fingerprint density at radius 3 is 2.38 bits per heavy atom. The third kappa shape index (κ3) is 2.60. The lowest BCUT2D eigenvalue weighted by Gasteiger charge is -2.09. The van der Waals surface area contributed by atoms with Crippen LogP contribution in [-0.2, 0) is 6.18 Å². The van der Waals surface area contributed by atoms with Gasteiger partial charge in [0.05, 0.1) is 5.56 Å². The summed E-state index contributed by atoms with van der Waals surface area (Å²) in [6.07, 6.45) is -4.35. The fourth-order valence-corrected chi connectivity index (χ4v) is 1.02. The van der Waals surface area contributed by atoms with Crippen molar-refractivity contribution in [3.8, 4) is 0 Å². The molecule has 0 radical (unpaired) electrons. The second kappa shape index (κ2) is 3.55. The largest absolute Gasteiger partial charge is 0.416 e. The van der Waals surface area contributed by atoms with Crippen molar-refractivity contribution in [3.05, 3.63) is 35.4 Å². The first-order chi connectivity index (χ1) is 5.91. The summed E-state index contributed by atoms with van der Waals surface area (Å²) in [5.41, 5.74) is 3.85. The maximum Gasteiger partial charge on any atom is 0.416 e.